The van der Waals surface area contributed by atoms with Gasteiger partial charge in [-0.05, 0) is 43.7 Å². The summed E-state index contributed by atoms with van der Waals surface area (Å²) in [5.41, 5.74) is 1.68. The number of hydrogen-bond donors (Lipinski definition) is 0. The van der Waals surface area contributed by atoms with Crippen LogP contribution in [0.25, 0.3) is 11.4 Å². The molecule has 0 radical (unpaired) electrons. The zero-order valence-electron chi connectivity index (χ0n) is 19.2. The molecule has 1 aliphatic heterocycles. The zero-order chi connectivity index (χ0) is 25.3. The van der Waals surface area contributed by atoms with Crippen molar-refractivity contribution in [3.8, 4) is 11.4 Å². The van der Waals surface area contributed by atoms with Gasteiger partial charge in [-0.25, -0.2) is 9.97 Å². The number of carbonyl (C=O) groups excluding carboxylic acids is 1. The third-order valence-corrected chi connectivity index (χ3v) is 6.77. The maximum absolute atomic E-state index is 13.2. The maximum Gasteiger partial charge on any atom is 0.416 e. The van der Waals surface area contributed by atoms with E-state index in [1.807, 2.05) is 13.8 Å². The van der Waals surface area contributed by atoms with Gasteiger partial charge in [-0.1, -0.05) is 42.3 Å². The van der Waals surface area contributed by atoms with E-state index in [4.69, 9.17) is 23.2 Å². The van der Waals surface area contributed by atoms with Gasteiger partial charge in [0.15, 0.2) is 5.82 Å². The van der Waals surface area contributed by atoms with E-state index in [1.165, 1.54) is 6.07 Å². The third kappa shape index (κ3) is 5.38. The van der Waals surface area contributed by atoms with Crippen molar-refractivity contribution in [1.29, 1.82) is 0 Å². The monoisotopic (exact) mass is 522 g/mol. The molecule has 0 N–H and O–H groups in total. The number of alkyl halides is 3. The molecule has 0 saturated carbocycles. The number of carbonyl (C=O) groups is 1. The molecule has 4 rings (SSSR count). The molecule has 184 valence electrons. The summed E-state index contributed by atoms with van der Waals surface area (Å²) in [4.78, 5) is 25.9. The molecule has 10 heteroatoms. The predicted octanol–water partition coefficient (Wildman–Crippen LogP) is 6.30. The van der Waals surface area contributed by atoms with Crippen LogP contribution in [0.1, 0.15) is 34.1 Å². The van der Waals surface area contributed by atoms with Crippen molar-refractivity contribution in [3.63, 3.8) is 0 Å². The quantitative estimate of drug-likeness (QED) is 0.403. The van der Waals surface area contributed by atoms with E-state index in [0.717, 1.165) is 23.4 Å². The largest absolute Gasteiger partial charge is 0.416 e. The number of aromatic nitrogens is 2. The van der Waals surface area contributed by atoms with E-state index >= 15 is 0 Å². The second-order valence-electron chi connectivity index (χ2n) is 8.28. The van der Waals surface area contributed by atoms with Crippen molar-refractivity contribution < 1.29 is 18.0 Å². The molecule has 0 aliphatic carbocycles. The molecule has 1 fully saturated rings. The molecule has 5 nitrogen and oxygen atoms in total. The van der Waals surface area contributed by atoms with Crippen molar-refractivity contribution in [2.75, 3.05) is 31.1 Å². The number of piperazine rings is 1. The Morgan fingerprint density at radius 3 is 2.34 bits per heavy atom. The Hall–Kier alpha value is -2.84. The number of aryl methyl sites for hydroxylation is 1. The van der Waals surface area contributed by atoms with Crippen LogP contribution < -0.4 is 4.90 Å². The lowest BCUT2D eigenvalue weighted by molar-refractivity contribution is -0.137. The smallest absolute Gasteiger partial charge is 0.353 e. The summed E-state index contributed by atoms with van der Waals surface area (Å²) < 4.78 is 39.7. The summed E-state index contributed by atoms with van der Waals surface area (Å²) >= 11 is 12.0. The van der Waals surface area contributed by atoms with Crippen molar-refractivity contribution >= 4 is 34.9 Å². The van der Waals surface area contributed by atoms with E-state index in [9.17, 15) is 18.0 Å². The van der Waals surface area contributed by atoms with Gasteiger partial charge >= 0.3 is 6.18 Å². The molecule has 35 heavy (non-hydrogen) atoms. The van der Waals surface area contributed by atoms with Gasteiger partial charge < -0.3 is 9.80 Å². The fraction of sp³-hybridized carbons (Fsp3) is 0.320. The Morgan fingerprint density at radius 1 is 1.00 bits per heavy atom. The molecule has 3 aromatic rings. The first kappa shape index (κ1) is 25.3. The van der Waals surface area contributed by atoms with Crippen LogP contribution in [0.3, 0.4) is 0 Å². The van der Waals surface area contributed by atoms with Gasteiger partial charge in [-0.15, -0.1) is 0 Å². The number of rotatable bonds is 4. The predicted molar refractivity (Wildman–Crippen MR) is 131 cm³/mol. The second-order valence-corrected chi connectivity index (χ2v) is 9.09. The van der Waals surface area contributed by atoms with Crippen LogP contribution in [0.4, 0.5) is 19.0 Å². The van der Waals surface area contributed by atoms with Gasteiger partial charge in [-0.3, -0.25) is 4.79 Å². The summed E-state index contributed by atoms with van der Waals surface area (Å²) in [6.45, 7) is 5.81. The Bertz CT molecular complexity index is 1260. The summed E-state index contributed by atoms with van der Waals surface area (Å²) in [6, 6.07) is 9.83. The van der Waals surface area contributed by atoms with Crippen molar-refractivity contribution in [2.24, 2.45) is 0 Å². The number of halogens is 5. The molecule has 0 atom stereocenters. The molecular weight excluding hydrogens is 500 g/mol. The number of amides is 1. The molecule has 1 saturated heterocycles. The standard InChI is InChI=1S/C25H23Cl2F3N4O/c1-3-19-15(2)31-22(16-5-4-6-18(13-16)25(28,29)30)32-23(19)33-9-11-34(12-10-33)24(35)17-7-8-20(26)21(27)14-17/h4-8,13-14H,3,9-12H2,1-2H3. The summed E-state index contributed by atoms with van der Waals surface area (Å²) in [5.74, 6) is 0.798. The molecule has 2 heterocycles. The lowest BCUT2D eigenvalue weighted by Gasteiger charge is -2.36. The minimum absolute atomic E-state index is 0.137. The van der Waals surface area contributed by atoms with Gasteiger partial charge in [-0.2, -0.15) is 13.2 Å². The van der Waals surface area contributed by atoms with E-state index in [2.05, 4.69) is 14.9 Å². The first-order chi connectivity index (χ1) is 16.6. The van der Waals surface area contributed by atoms with Crippen molar-refractivity contribution in [3.05, 3.63) is 74.9 Å². The average Bonchev–Trinajstić information content (AvgIpc) is 2.84. The normalized spacial score (nSPS) is 14.4. The fourth-order valence-corrected chi connectivity index (χ4v) is 4.45. The Labute approximate surface area is 211 Å². The van der Waals surface area contributed by atoms with Gasteiger partial charge in [0.2, 0.25) is 0 Å². The molecule has 2 aromatic carbocycles. The highest BCUT2D eigenvalue weighted by atomic mass is 35.5. The molecule has 1 aromatic heterocycles. The maximum atomic E-state index is 13.2. The van der Waals surface area contributed by atoms with Crippen molar-refractivity contribution in [1.82, 2.24) is 14.9 Å². The van der Waals surface area contributed by atoms with Crippen LogP contribution in [0, 0.1) is 6.92 Å². The third-order valence-electron chi connectivity index (χ3n) is 6.03. The molecule has 1 amide bonds. The second kappa shape index (κ2) is 10.0. The molecule has 0 bridgehead atoms. The van der Waals surface area contributed by atoms with Crippen LogP contribution >= 0.6 is 23.2 Å². The first-order valence-corrected chi connectivity index (χ1v) is 11.9. The lowest BCUT2D eigenvalue weighted by Crippen LogP contribution is -2.49. The van der Waals surface area contributed by atoms with Crippen molar-refractivity contribution in [2.45, 2.75) is 26.4 Å². The lowest BCUT2D eigenvalue weighted by atomic mass is 10.1. The van der Waals surface area contributed by atoms with Crippen LogP contribution in [0.5, 0.6) is 0 Å². The Kier molecular flexibility index (Phi) is 7.24. The Morgan fingerprint density at radius 2 is 1.71 bits per heavy atom. The topological polar surface area (TPSA) is 49.3 Å². The van der Waals surface area contributed by atoms with Crippen LogP contribution in [0.2, 0.25) is 10.0 Å². The van der Waals surface area contributed by atoms with Gasteiger partial charge in [0.25, 0.3) is 5.91 Å². The summed E-state index contributed by atoms with van der Waals surface area (Å²) in [6.07, 6.45) is -3.78. The van der Waals surface area contributed by atoms with Crippen LogP contribution in [-0.2, 0) is 12.6 Å². The highest BCUT2D eigenvalue weighted by molar-refractivity contribution is 6.42. The van der Waals surface area contributed by atoms with Crippen LogP contribution in [0.15, 0.2) is 42.5 Å². The number of nitrogens with zero attached hydrogens (tertiary/aromatic N) is 4. The summed E-state index contributed by atoms with van der Waals surface area (Å²) in [5, 5.41) is 0.707. The average molecular weight is 523 g/mol. The van der Waals surface area contributed by atoms with E-state index in [-0.39, 0.29) is 11.7 Å². The highest BCUT2D eigenvalue weighted by Crippen LogP contribution is 2.33. The van der Waals surface area contributed by atoms with Gasteiger partial charge in [0, 0.05) is 48.6 Å². The van der Waals surface area contributed by atoms with E-state index in [0.29, 0.717) is 59.6 Å². The molecular formula is C25H23Cl2F3N4O. The van der Waals surface area contributed by atoms with E-state index < -0.39 is 11.7 Å². The van der Waals surface area contributed by atoms with Gasteiger partial charge in [0.1, 0.15) is 5.82 Å². The minimum atomic E-state index is -4.45. The first-order valence-electron chi connectivity index (χ1n) is 11.1. The highest BCUT2D eigenvalue weighted by Gasteiger charge is 2.31. The minimum Gasteiger partial charge on any atom is -0.353 e. The SMILES string of the molecule is CCc1c(C)nc(-c2cccc(C(F)(F)F)c2)nc1N1CCN(C(=O)c2ccc(Cl)c(Cl)c2)CC1. The fourth-order valence-electron chi connectivity index (χ4n) is 4.15. The zero-order valence-corrected chi connectivity index (χ0v) is 20.7. The molecule has 0 unspecified atom stereocenters. The molecule has 0 spiro atoms. The Balaban J connectivity index is 1.58. The van der Waals surface area contributed by atoms with Gasteiger partial charge in [0.05, 0.1) is 15.6 Å². The van der Waals surface area contributed by atoms with Crippen LogP contribution in [-0.4, -0.2) is 47.0 Å². The number of hydrogen-bond acceptors (Lipinski definition) is 4. The summed E-state index contributed by atoms with van der Waals surface area (Å²) in [7, 11) is 0. The van der Waals surface area contributed by atoms with E-state index in [1.54, 1.807) is 29.2 Å². The number of benzene rings is 2. The molecule has 1 aliphatic rings. The number of anilines is 1.